The van der Waals surface area contributed by atoms with Crippen LogP contribution in [0.15, 0.2) is 48.5 Å². The second-order valence-corrected chi connectivity index (χ2v) is 9.95. The lowest BCUT2D eigenvalue weighted by Crippen LogP contribution is -2.50. The highest BCUT2D eigenvalue weighted by atomic mass is 35.5. The fourth-order valence-corrected chi connectivity index (χ4v) is 5.21. The molecule has 176 valence electrons. The van der Waals surface area contributed by atoms with Gasteiger partial charge in [0.1, 0.15) is 0 Å². The molecule has 2 saturated heterocycles. The number of rotatable bonds is 5. The van der Waals surface area contributed by atoms with E-state index < -0.39 is 0 Å². The first kappa shape index (κ1) is 24.1. The van der Waals surface area contributed by atoms with E-state index in [0.717, 1.165) is 62.2 Å². The first-order chi connectivity index (χ1) is 15.9. The summed E-state index contributed by atoms with van der Waals surface area (Å²) in [6, 6.07) is 16.1. The van der Waals surface area contributed by atoms with Crippen LogP contribution in [-0.4, -0.2) is 65.8 Å². The lowest BCUT2D eigenvalue weighted by atomic mass is 9.92. The van der Waals surface area contributed by atoms with Crippen LogP contribution in [0.2, 0.25) is 10.0 Å². The molecule has 0 N–H and O–H groups in total. The first-order valence-corrected chi connectivity index (χ1v) is 12.4. The molecule has 2 fully saturated rings. The van der Waals surface area contributed by atoms with Crippen molar-refractivity contribution in [3.8, 4) is 0 Å². The summed E-state index contributed by atoms with van der Waals surface area (Å²) in [4.78, 5) is 30.8. The smallest absolute Gasteiger partial charge is 0.222 e. The fraction of sp³-hybridized carbons (Fsp3) is 0.462. The first-order valence-electron chi connectivity index (χ1n) is 11.7. The monoisotopic (exact) mass is 487 g/mol. The maximum Gasteiger partial charge on any atom is 0.222 e. The van der Waals surface area contributed by atoms with Crippen LogP contribution in [0.3, 0.4) is 0 Å². The number of carbonyl (C=O) groups excluding carboxylic acids is 2. The number of likely N-dealkylation sites (tertiary alicyclic amines) is 1. The predicted octanol–water partition coefficient (Wildman–Crippen LogP) is 4.88. The third-order valence-corrected chi connectivity index (χ3v) is 7.43. The molecule has 2 heterocycles. The molecule has 2 aromatic rings. The molecule has 7 heteroatoms. The van der Waals surface area contributed by atoms with Crippen molar-refractivity contribution in [1.82, 2.24) is 14.7 Å². The molecular weight excluding hydrogens is 457 g/mol. The van der Waals surface area contributed by atoms with Gasteiger partial charge in [0.2, 0.25) is 11.8 Å². The van der Waals surface area contributed by atoms with Gasteiger partial charge in [-0.3, -0.25) is 14.5 Å². The number of carbonyl (C=O) groups is 2. The van der Waals surface area contributed by atoms with Crippen molar-refractivity contribution in [2.75, 3.05) is 39.3 Å². The predicted molar refractivity (Wildman–Crippen MR) is 132 cm³/mol. The summed E-state index contributed by atoms with van der Waals surface area (Å²) in [5.41, 5.74) is 2.36. The maximum atomic E-state index is 13.0. The highest BCUT2D eigenvalue weighted by Crippen LogP contribution is 2.31. The van der Waals surface area contributed by atoms with Crippen molar-refractivity contribution in [3.05, 3.63) is 69.7 Å². The van der Waals surface area contributed by atoms with Crippen LogP contribution in [0.1, 0.15) is 43.4 Å². The second-order valence-electron chi connectivity index (χ2n) is 9.08. The third kappa shape index (κ3) is 6.08. The zero-order valence-corrected chi connectivity index (χ0v) is 20.6. The van der Waals surface area contributed by atoms with Crippen LogP contribution in [0.25, 0.3) is 0 Å². The minimum absolute atomic E-state index is 0.0905. The number of amides is 2. The van der Waals surface area contributed by atoms with Crippen LogP contribution in [0.4, 0.5) is 0 Å². The number of nitrogens with zero attached hydrogens (tertiary/aromatic N) is 3. The van der Waals surface area contributed by atoms with Gasteiger partial charge in [-0.1, -0.05) is 47.5 Å². The Balaban J connectivity index is 1.38. The Morgan fingerprint density at radius 3 is 1.73 bits per heavy atom. The summed E-state index contributed by atoms with van der Waals surface area (Å²) < 4.78 is 0. The Morgan fingerprint density at radius 1 is 0.788 bits per heavy atom. The largest absolute Gasteiger partial charge is 0.343 e. The Kier molecular flexibility index (Phi) is 7.94. The van der Waals surface area contributed by atoms with Crippen LogP contribution < -0.4 is 0 Å². The highest BCUT2D eigenvalue weighted by molar-refractivity contribution is 6.30. The van der Waals surface area contributed by atoms with Crippen LogP contribution >= 0.6 is 23.2 Å². The summed E-state index contributed by atoms with van der Waals surface area (Å²) in [5.74, 6) is 0.749. The summed E-state index contributed by atoms with van der Waals surface area (Å²) in [7, 11) is 0. The van der Waals surface area contributed by atoms with E-state index in [2.05, 4.69) is 29.2 Å². The number of piperidine rings is 1. The Hall–Kier alpha value is -2.08. The van der Waals surface area contributed by atoms with Crippen molar-refractivity contribution in [3.63, 3.8) is 0 Å². The molecule has 0 atom stereocenters. The quantitative estimate of drug-likeness (QED) is 0.603. The fourth-order valence-electron chi connectivity index (χ4n) is 4.96. The van der Waals surface area contributed by atoms with Gasteiger partial charge >= 0.3 is 0 Å². The van der Waals surface area contributed by atoms with Crippen LogP contribution in [-0.2, 0) is 9.59 Å². The molecule has 2 amide bonds. The third-order valence-electron chi connectivity index (χ3n) is 6.93. The highest BCUT2D eigenvalue weighted by Gasteiger charge is 2.30. The molecule has 0 bridgehead atoms. The average Bonchev–Trinajstić information content (AvgIpc) is 2.82. The number of benzene rings is 2. The average molecular weight is 488 g/mol. The minimum Gasteiger partial charge on any atom is -0.343 e. The molecule has 0 unspecified atom stereocenters. The molecule has 4 rings (SSSR count). The van der Waals surface area contributed by atoms with Gasteiger partial charge in [0, 0.05) is 62.7 Å². The molecule has 0 aromatic heterocycles. The number of hydrogen-bond donors (Lipinski definition) is 0. The minimum atomic E-state index is 0.0905. The van der Waals surface area contributed by atoms with Gasteiger partial charge in [-0.15, -0.1) is 0 Å². The normalized spacial score (nSPS) is 18.1. The molecule has 33 heavy (non-hydrogen) atoms. The zero-order chi connectivity index (χ0) is 23.4. The van der Waals surface area contributed by atoms with Crippen molar-refractivity contribution in [2.24, 2.45) is 5.92 Å². The van der Waals surface area contributed by atoms with E-state index in [9.17, 15) is 9.59 Å². The van der Waals surface area contributed by atoms with Crippen LogP contribution in [0.5, 0.6) is 0 Å². The van der Waals surface area contributed by atoms with Gasteiger partial charge in [0.25, 0.3) is 0 Å². The van der Waals surface area contributed by atoms with E-state index in [1.165, 1.54) is 11.1 Å². The Labute approximate surface area is 206 Å². The van der Waals surface area contributed by atoms with Gasteiger partial charge < -0.3 is 9.80 Å². The topological polar surface area (TPSA) is 43.9 Å². The van der Waals surface area contributed by atoms with Crippen molar-refractivity contribution >= 4 is 35.0 Å². The summed E-state index contributed by atoms with van der Waals surface area (Å²) in [6.45, 7) is 6.22. The standard InChI is InChI=1S/C26H31Cl2N3O2/c1-19(32)29-12-10-20(11-13-29)18-25(33)30-14-16-31(17-15-30)26(21-2-6-23(27)7-3-21)22-4-8-24(28)9-5-22/h2-9,20,26H,10-18H2,1H3. The molecule has 2 aliphatic rings. The number of hydrogen-bond acceptors (Lipinski definition) is 3. The summed E-state index contributed by atoms with van der Waals surface area (Å²) in [6.07, 6.45) is 2.42. The van der Waals surface area contributed by atoms with Gasteiger partial charge in [-0.2, -0.15) is 0 Å². The van der Waals surface area contributed by atoms with E-state index in [1.807, 2.05) is 34.1 Å². The second kappa shape index (κ2) is 10.9. The lowest BCUT2D eigenvalue weighted by Gasteiger charge is -2.40. The van der Waals surface area contributed by atoms with E-state index in [1.54, 1.807) is 6.92 Å². The Morgan fingerprint density at radius 2 is 1.27 bits per heavy atom. The van der Waals surface area contributed by atoms with E-state index in [0.29, 0.717) is 12.3 Å². The van der Waals surface area contributed by atoms with Gasteiger partial charge in [-0.05, 0) is 54.2 Å². The van der Waals surface area contributed by atoms with Crippen molar-refractivity contribution < 1.29 is 9.59 Å². The maximum absolute atomic E-state index is 13.0. The van der Waals surface area contributed by atoms with Gasteiger partial charge in [-0.25, -0.2) is 0 Å². The van der Waals surface area contributed by atoms with Gasteiger partial charge in [0.15, 0.2) is 0 Å². The summed E-state index contributed by atoms with van der Waals surface area (Å²) >= 11 is 12.3. The van der Waals surface area contributed by atoms with Crippen molar-refractivity contribution in [1.29, 1.82) is 0 Å². The van der Waals surface area contributed by atoms with Crippen LogP contribution in [0, 0.1) is 5.92 Å². The van der Waals surface area contributed by atoms with Crippen molar-refractivity contribution in [2.45, 2.75) is 32.2 Å². The lowest BCUT2D eigenvalue weighted by molar-refractivity contribution is -0.135. The zero-order valence-electron chi connectivity index (χ0n) is 19.1. The SMILES string of the molecule is CC(=O)N1CCC(CC(=O)N2CCN(C(c3ccc(Cl)cc3)c3ccc(Cl)cc3)CC2)CC1. The number of halogens is 2. The molecule has 0 saturated carbocycles. The molecule has 2 aromatic carbocycles. The summed E-state index contributed by atoms with van der Waals surface area (Å²) in [5, 5.41) is 1.44. The Bertz CT molecular complexity index is 903. The van der Waals surface area contributed by atoms with E-state index in [-0.39, 0.29) is 17.9 Å². The molecule has 0 aliphatic carbocycles. The van der Waals surface area contributed by atoms with E-state index >= 15 is 0 Å². The number of piperazine rings is 1. The van der Waals surface area contributed by atoms with E-state index in [4.69, 9.17) is 23.2 Å². The molecule has 0 radical (unpaired) electrons. The molecule has 5 nitrogen and oxygen atoms in total. The van der Waals surface area contributed by atoms with Gasteiger partial charge in [0.05, 0.1) is 6.04 Å². The molecule has 2 aliphatic heterocycles. The molecular formula is C26H31Cl2N3O2. The molecule has 0 spiro atoms.